The van der Waals surface area contributed by atoms with Crippen LogP contribution in [0.5, 0.6) is 0 Å². The van der Waals surface area contributed by atoms with Crippen molar-refractivity contribution in [2.45, 2.75) is 11.8 Å². The van der Waals surface area contributed by atoms with Crippen LogP contribution in [0.2, 0.25) is 0 Å². The Balaban J connectivity index is 2.41. The van der Waals surface area contributed by atoms with Crippen LogP contribution in [0.25, 0.3) is 17.2 Å². The monoisotopic (exact) mass is 356 g/mol. The maximum atomic E-state index is 14.3. The summed E-state index contributed by atoms with van der Waals surface area (Å²) in [5, 5.41) is 0. The van der Waals surface area contributed by atoms with Crippen LogP contribution in [0, 0.1) is 0 Å². The average molecular weight is 357 g/mol. The van der Waals surface area contributed by atoms with E-state index >= 15 is 0 Å². The maximum absolute atomic E-state index is 14.3. The smallest absolute Gasteiger partial charge is 0.194 e. The lowest BCUT2D eigenvalue weighted by atomic mass is 9.80. The Hall–Kier alpha value is -1.62. The van der Waals surface area contributed by atoms with Crippen molar-refractivity contribution >= 4 is 22.0 Å². The highest BCUT2D eigenvalue weighted by molar-refractivity contribution is 9.10. The molecule has 5 heteroatoms. The van der Waals surface area contributed by atoms with E-state index in [0.29, 0.717) is 10.0 Å². The molecule has 0 aromatic heterocycles. The molecule has 1 aliphatic carbocycles. The fraction of sp³-hybridized carbons (Fsp3) is 0.125. The molecule has 108 valence electrons. The van der Waals surface area contributed by atoms with E-state index in [9.17, 15) is 17.6 Å². The third kappa shape index (κ3) is 1.87. The molecule has 3 rings (SSSR count). The van der Waals surface area contributed by atoms with Crippen LogP contribution < -0.4 is 0 Å². The highest BCUT2D eigenvalue weighted by atomic mass is 79.9. The standard InChI is InChI=1S/C16H9BrF4/c1-2-9-3-5-11-12-6-4-10(17)8-14(12)16(20,21)15(18,19)13(11)7-9/h2-8H,1H2. The molecular formula is C16H9BrF4. The van der Waals surface area contributed by atoms with Gasteiger partial charge in [-0.15, -0.1) is 0 Å². The highest BCUT2D eigenvalue weighted by Gasteiger charge is 2.62. The summed E-state index contributed by atoms with van der Waals surface area (Å²) in [5.41, 5.74) is -0.705. The van der Waals surface area contributed by atoms with E-state index in [-0.39, 0.29) is 11.1 Å². The molecule has 1 aliphatic rings. The molecule has 0 heterocycles. The molecule has 0 aliphatic heterocycles. The lowest BCUT2D eigenvalue weighted by Crippen LogP contribution is -2.39. The van der Waals surface area contributed by atoms with Crippen molar-refractivity contribution in [1.29, 1.82) is 0 Å². The minimum Gasteiger partial charge on any atom is -0.194 e. The lowest BCUT2D eigenvalue weighted by molar-refractivity contribution is -0.225. The van der Waals surface area contributed by atoms with E-state index in [1.165, 1.54) is 18.2 Å². The Morgan fingerprint density at radius 1 is 0.857 bits per heavy atom. The van der Waals surface area contributed by atoms with Crippen molar-refractivity contribution in [2.75, 3.05) is 0 Å². The van der Waals surface area contributed by atoms with Gasteiger partial charge in [0.15, 0.2) is 0 Å². The fourth-order valence-corrected chi connectivity index (χ4v) is 2.89. The molecule has 0 nitrogen and oxygen atoms in total. The molecule has 0 N–H and O–H groups in total. The summed E-state index contributed by atoms with van der Waals surface area (Å²) in [6.07, 6.45) is 1.35. The number of halogens is 5. The van der Waals surface area contributed by atoms with Gasteiger partial charge < -0.3 is 0 Å². The van der Waals surface area contributed by atoms with Crippen LogP contribution in [-0.2, 0) is 11.8 Å². The van der Waals surface area contributed by atoms with Gasteiger partial charge in [-0.2, -0.15) is 17.6 Å². The third-order valence-corrected chi connectivity index (χ3v) is 4.12. The summed E-state index contributed by atoms with van der Waals surface area (Å²) in [6.45, 7) is 3.48. The Morgan fingerprint density at radius 3 is 1.95 bits per heavy atom. The minimum atomic E-state index is -4.27. The van der Waals surface area contributed by atoms with E-state index < -0.39 is 23.0 Å². The summed E-state index contributed by atoms with van der Waals surface area (Å²) in [6, 6.07) is 8.12. The number of hydrogen-bond acceptors (Lipinski definition) is 0. The van der Waals surface area contributed by atoms with Crippen molar-refractivity contribution in [2.24, 2.45) is 0 Å². The van der Waals surface area contributed by atoms with Gasteiger partial charge >= 0.3 is 11.8 Å². The summed E-state index contributed by atoms with van der Waals surface area (Å²) in [4.78, 5) is 0. The van der Waals surface area contributed by atoms with Crippen molar-refractivity contribution in [1.82, 2.24) is 0 Å². The van der Waals surface area contributed by atoms with Gasteiger partial charge in [-0.3, -0.25) is 0 Å². The highest BCUT2D eigenvalue weighted by Crippen LogP contribution is 2.58. The molecule has 0 radical (unpaired) electrons. The van der Waals surface area contributed by atoms with Gasteiger partial charge in [0, 0.05) is 15.6 Å². The Bertz CT molecular complexity index is 750. The topological polar surface area (TPSA) is 0 Å². The number of rotatable bonds is 1. The Labute approximate surface area is 127 Å². The molecule has 0 unspecified atom stereocenters. The summed E-state index contributed by atoms with van der Waals surface area (Å²) >= 11 is 3.05. The van der Waals surface area contributed by atoms with Crippen LogP contribution in [0.4, 0.5) is 17.6 Å². The van der Waals surface area contributed by atoms with E-state index in [2.05, 4.69) is 22.5 Å². The van der Waals surface area contributed by atoms with Crippen LogP contribution in [-0.4, -0.2) is 0 Å². The number of hydrogen-bond donors (Lipinski definition) is 0. The molecule has 0 bridgehead atoms. The predicted octanol–water partition coefficient (Wildman–Crippen LogP) is 5.96. The zero-order valence-electron chi connectivity index (χ0n) is 10.6. The summed E-state index contributed by atoms with van der Waals surface area (Å²) in [7, 11) is 0. The van der Waals surface area contributed by atoms with Gasteiger partial charge in [0.2, 0.25) is 0 Å². The quantitative estimate of drug-likeness (QED) is 0.553. The molecule has 0 saturated heterocycles. The second-order valence-electron chi connectivity index (χ2n) is 4.85. The number of alkyl halides is 4. The van der Waals surface area contributed by atoms with Crippen molar-refractivity contribution in [3.05, 3.63) is 64.1 Å². The molecule has 0 spiro atoms. The van der Waals surface area contributed by atoms with Crippen LogP contribution >= 0.6 is 15.9 Å². The average Bonchev–Trinajstić information content (AvgIpc) is 2.45. The van der Waals surface area contributed by atoms with Gasteiger partial charge in [-0.05, 0) is 34.9 Å². The predicted molar refractivity (Wildman–Crippen MR) is 77.5 cm³/mol. The van der Waals surface area contributed by atoms with Gasteiger partial charge in [-0.25, -0.2) is 0 Å². The SMILES string of the molecule is C=Cc1ccc2c(c1)C(F)(F)C(F)(F)c1cc(Br)ccc1-2. The molecule has 0 atom stereocenters. The second-order valence-corrected chi connectivity index (χ2v) is 5.76. The van der Waals surface area contributed by atoms with Gasteiger partial charge in [0.05, 0.1) is 0 Å². The summed E-state index contributed by atoms with van der Waals surface area (Å²) in [5.74, 6) is -8.53. The zero-order valence-corrected chi connectivity index (χ0v) is 12.2. The first kappa shape index (κ1) is 14.3. The fourth-order valence-electron chi connectivity index (χ4n) is 2.53. The van der Waals surface area contributed by atoms with Gasteiger partial charge in [-0.1, -0.05) is 46.8 Å². The maximum Gasteiger partial charge on any atom is 0.340 e. The molecule has 0 saturated carbocycles. The van der Waals surface area contributed by atoms with Crippen LogP contribution in [0.15, 0.2) is 47.4 Å². The molecule has 0 fully saturated rings. The van der Waals surface area contributed by atoms with Crippen molar-refractivity contribution < 1.29 is 17.6 Å². The number of fused-ring (bicyclic) bond motifs is 3. The normalized spacial score (nSPS) is 17.8. The first-order chi connectivity index (χ1) is 9.79. The van der Waals surface area contributed by atoms with Crippen LogP contribution in [0.3, 0.4) is 0 Å². The van der Waals surface area contributed by atoms with Crippen molar-refractivity contribution in [3.8, 4) is 11.1 Å². The molecule has 21 heavy (non-hydrogen) atoms. The molecule has 0 amide bonds. The van der Waals surface area contributed by atoms with Gasteiger partial charge in [0.1, 0.15) is 0 Å². The van der Waals surface area contributed by atoms with Crippen molar-refractivity contribution in [3.63, 3.8) is 0 Å². The first-order valence-corrected chi connectivity index (χ1v) is 6.91. The summed E-state index contributed by atoms with van der Waals surface area (Å²) < 4.78 is 57.5. The van der Waals surface area contributed by atoms with E-state index in [0.717, 1.165) is 12.1 Å². The first-order valence-electron chi connectivity index (χ1n) is 6.12. The molecular weight excluding hydrogens is 348 g/mol. The van der Waals surface area contributed by atoms with Gasteiger partial charge in [0.25, 0.3) is 0 Å². The second kappa shape index (κ2) is 4.44. The largest absolute Gasteiger partial charge is 0.340 e. The Kier molecular flexibility index (Phi) is 3.03. The Morgan fingerprint density at radius 2 is 1.38 bits per heavy atom. The third-order valence-electron chi connectivity index (χ3n) is 3.62. The minimum absolute atomic E-state index is 0.124. The molecule has 2 aromatic rings. The lowest BCUT2D eigenvalue weighted by Gasteiger charge is -2.35. The van der Waals surface area contributed by atoms with E-state index in [4.69, 9.17) is 0 Å². The van der Waals surface area contributed by atoms with Crippen LogP contribution in [0.1, 0.15) is 16.7 Å². The molecule has 2 aromatic carbocycles. The zero-order chi connectivity index (χ0) is 15.4. The van der Waals surface area contributed by atoms with E-state index in [1.807, 2.05) is 0 Å². The van der Waals surface area contributed by atoms with E-state index in [1.54, 1.807) is 12.1 Å². The number of benzene rings is 2.